The lowest BCUT2D eigenvalue weighted by Gasteiger charge is -2.15. The van der Waals surface area contributed by atoms with Crippen LogP contribution in [0.3, 0.4) is 0 Å². The Morgan fingerprint density at radius 3 is 1.73 bits per heavy atom. The lowest BCUT2D eigenvalue weighted by molar-refractivity contribution is -0.0620. The summed E-state index contributed by atoms with van der Waals surface area (Å²) in [5.74, 6) is -12.7. The minimum Gasteiger partial charge on any atom is -0.390 e. The Labute approximate surface area is 79.9 Å². The number of hydrogen-bond donors (Lipinski definition) is 1. The van der Waals surface area contributed by atoms with Crippen LogP contribution in [0.15, 0.2) is 6.07 Å². The zero-order valence-electron chi connectivity index (χ0n) is 7.00. The summed E-state index contributed by atoms with van der Waals surface area (Å²) in [6.07, 6.45) is 0. The van der Waals surface area contributed by atoms with E-state index >= 15 is 0 Å². The molecule has 84 valence electrons. The summed E-state index contributed by atoms with van der Waals surface area (Å²) in [5.41, 5.74) is -2.11. The monoisotopic (exact) mass is 230 g/mol. The van der Waals surface area contributed by atoms with Crippen LogP contribution in [-0.4, -0.2) is 11.7 Å². The van der Waals surface area contributed by atoms with E-state index in [2.05, 4.69) is 0 Å². The fraction of sp³-hybridized carbons (Fsp3) is 0.250. The Bertz CT molecular complexity index is 363. The predicted octanol–water partition coefficient (Wildman–Crippen LogP) is 2.33. The molecule has 0 amide bonds. The van der Waals surface area contributed by atoms with E-state index in [-0.39, 0.29) is 6.07 Å². The molecule has 0 aliphatic carbocycles. The fourth-order valence-corrected chi connectivity index (χ4v) is 0.973. The van der Waals surface area contributed by atoms with Gasteiger partial charge in [0, 0.05) is 6.07 Å². The summed E-state index contributed by atoms with van der Waals surface area (Å²) < 4.78 is 75.9. The molecule has 7 heteroatoms. The minimum atomic E-state index is -4.38. The maximum absolute atomic E-state index is 12.8. The predicted molar refractivity (Wildman–Crippen MR) is 37.3 cm³/mol. The molecular formula is C8H4F6O. The van der Waals surface area contributed by atoms with E-state index in [0.29, 0.717) is 0 Å². The van der Waals surface area contributed by atoms with Gasteiger partial charge >= 0.3 is 5.92 Å². The molecule has 0 saturated heterocycles. The summed E-state index contributed by atoms with van der Waals surface area (Å²) in [7, 11) is 0. The van der Waals surface area contributed by atoms with Crippen molar-refractivity contribution in [1.29, 1.82) is 0 Å². The zero-order chi connectivity index (χ0) is 11.8. The molecule has 0 heterocycles. The second-order valence-corrected chi connectivity index (χ2v) is 2.71. The highest BCUT2D eigenvalue weighted by Gasteiger charge is 2.39. The molecule has 0 bridgehead atoms. The molecule has 0 aliphatic rings. The van der Waals surface area contributed by atoms with Crippen molar-refractivity contribution in [3.8, 4) is 0 Å². The summed E-state index contributed by atoms with van der Waals surface area (Å²) in [6.45, 7) is -1.95. The number of halogens is 6. The second-order valence-electron chi connectivity index (χ2n) is 2.71. The highest BCUT2D eigenvalue weighted by atomic mass is 19.3. The van der Waals surface area contributed by atoms with Crippen LogP contribution in [0.5, 0.6) is 0 Å². The molecule has 0 fully saturated rings. The van der Waals surface area contributed by atoms with Gasteiger partial charge < -0.3 is 5.11 Å². The van der Waals surface area contributed by atoms with Gasteiger partial charge in [0.1, 0.15) is 12.2 Å². The van der Waals surface area contributed by atoms with E-state index in [1.165, 1.54) is 0 Å². The van der Waals surface area contributed by atoms with E-state index in [1.54, 1.807) is 0 Å². The first-order valence-electron chi connectivity index (χ1n) is 3.63. The number of hydrogen-bond acceptors (Lipinski definition) is 1. The van der Waals surface area contributed by atoms with Crippen LogP contribution in [0.25, 0.3) is 0 Å². The maximum Gasteiger partial charge on any atom is 0.301 e. The van der Waals surface area contributed by atoms with E-state index in [0.717, 1.165) is 0 Å². The number of alkyl halides is 2. The van der Waals surface area contributed by atoms with E-state index in [4.69, 9.17) is 5.11 Å². The third-order valence-electron chi connectivity index (χ3n) is 1.68. The molecule has 0 spiro atoms. The van der Waals surface area contributed by atoms with E-state index < -0.39 is 41.4 Å². The molecule has 1 aromatic rings. The topological polar surface area (TPSA) is 20.2 Å². The third-order valence-corrected chi connectivity index (χ3v) is 1.68. The highest BCUT2D eigenvalue weighted by Crippen LogP contribution is 2.33. The fourth-order valence-electron chi connectivity index (χ4n) is 0.973. The highest BCUT2D eigenvalue weighted by molar-refractivity contribution is 5.26. The largest absolute Gasteiger partial charge is 0.390 e. The Morgan fingerprint density at radius 1 is 1.00 bits per heavy atom. The van der Waals surface area contributed by atoms with Crippen molar-refractivity contribution >= 4 is 0 Å². The van der Waals surface area contributed by atoms with Gasteiger partial charge in [-0.15, -0.1) is 0 Å². The van der Waals surface area contributed by atoms with Gasteiger partial charge in [-0.3, -0.25) is 0 Å². The Morgan fingerprint density at radius 2 is 1.40 bits per heavy atom. The standard InChI is InChI=1S/C8H4F6O/c9-3-1-4(10)7(12)5(6(3)11)8(13,14)2-15/h1,15H,2H2. The Balaban J connectivity index is 3.53. The van der Waals surface area contributed by atoms with Crippen molar-refractivity contribution in [3.05, 3.63) is 34.9 Å². The number of rotatable bonds is 2. The third kappa shape index (κ3) is 1.92. The molecule has 1 N–H and O–H groups in total. The normalized spacial score (nSPS) is 11.9. The Hall–Kier alpha value is -1.24. The van der Waals surface area contributed by atoms with Gasteiger partial charge in [0.05, 0.1) is 0 Å². The second kappa shape index (κ2) is 3.73. The molecule has 0 unspecified atom stereocenters. The summed E-state index contributed by atoms with van der Waals surface area (Å²) in [4.78, 5) is 0. The van der Waals surface area contributed by atoms with Crippen LogP contribution in [0.1, 0.15) is 5.56 Å². The van der Waals surface area contributed by atoms with Crippen molar-refractivity contribution in [1.82, 2.24) is 0 Å². The molecule has 1 aromatic carbocycles. The smallest absolute Gasteiger partial charge is 0.301 e. The summed E-state index contributed by atoms with van der Waals surface area (Å²) in [6, 6.07) is -0.193. The van der Waals surface area contributed by atoms with Crippen molar-refractivity contribution in [2.24, 2.45) is 0 Å². The molecule has 0 saturated carbocycles. The molecule has 0 radical (unpaired) electrons. The lowest BCUT2D eigenvalue weighted by atomic mass is 10.1. The number of aliphatic hydroxyl groups excluding tert-OH is 1. The molecule has 0 aliphatic heterocycles. The SMILES string of the molecule is OCC(F)(F)c1c(F)c(F)cc(F)c1F. The first-order chi connectivity index (χ1) is 6.81. The van der Waals surface area contributed by atoms with Gasteiger partial charge in [0.25, 0.3) is 0 Å². The zero-order valence-corrected chi connectivity index (χ0v) is 7.00. The van der Waals surface area contributed by atoms with Gasteiger partial charge in [0.2, 0.25) is 0 Å². The van der Waals surface area contributed by atoms with Crippen LogP contribution in [0, 0.1) is 23.3 Å². The van der Waals surface area contributed by atoms with Crippen LogP contribution in [0.4, 0.5) is 26.3 Å². The minimum absolute atomic E-state index is 0.193. The van der Waals surface area contributed by atoms with E-state index in [9.17, 15) is 26.3 Å². The van der Waals surface area contributed by atoms with Gasteiger partial charge in [-0.25, -0.2) is 17.6 Å². The molecular weight excluding hydrogens is 226 g/mol. The van der Waals surface area contributed by atoms with E-state index in [1.807, 2.05) is 0 Å². The van der Waals surface area contributed by atoms with Crippen molar-refractivity contribution < 1.29 is 31.4 Å². The van der Waals surface area contributed by atoms with Gasteiger partial charge in [-0.1, -0.05) is 0 Å². The lowest BCUT2D eigenvalue weighted by Crippen LogP contribution is -2.23. The van der Waals surface area contributed by atoms with Gasteiger partial charge in [-0.05, 0) is 0 Å². The van der Waals surface area contributed by atoms with Crippen LogP contribution >= 0.6 is 0 Å². The maximum atomic E-state index is 12.8. The first-order valence-corrected chi connectivity index (χ1v) is 3.63. The van der Waals surface area contributed by atoms with Crippen molar-refractivity contribution in [2.75, 3.05) is 6.61 Å². The van der Waals surface area contributed by atoms with Gasteiger partial charge in [-0.2, -0.15) is 8.78 Å². The molecule has 15 heavy (non-hydrogen) atoms. The average molecular weight is 230 g/mol. The van der Waals surface area contributed by atoms with Gasteiger partial charge in [0.15, 0.2) is 23.3 Å². The van der Waals surface area contributed by atoms with Crippen molar-refractivity contribution in [3.63, 3.8) is 0 Å². The molecule has 1 rings (SSSR count). The number of aliphatic hydroxyl groups is 1. The summed E-state index contributed by atoms with van der Waals surface area (Å²) in [5, 5.41) is 8.15. The molecule has 0 aromatic heterocycles. The molecule has 0 atom stereocenters. The van der Waals surface area contributed by atoms with Crippen molar-refractivity contribution in [2.45, 2.75) is 5.92 Å². The Kier molecular flexibility index (Phi) is 2.94. The first kappa shape index (κ1) is 11.8. The average Bonchev–Trinajstić information content (AvgIpc) is 2.15. The van der Waals surface area contributed by atoms with Crippen LogP contribution < -0.4 is 0 Å². The summed E-state index contributed by atoms with van der Waals surface area (Å²) >= 11 is 0. The van der Waals surface area contributed by atoms with Crippen LogP contribution in [-0.2, 0) is 5.92 Å². The molecule has 1 nitrogen and oxygen atoms in total. The van der Waals surface area contributed by atoms with Crippen LogP contribution in [0.2, 0.25) is 0 Å². The quantitative estimate of drug-likeness (QED) is 0.610. The number of benzene rings is 1.